The third kappa shape index (κ3) is 5.33. The first-order chi connectivity index (χ1) is 7.36. The van der Waals surface area contributed by atoms with E-state index in [0.717, 1.165) is 12.6 Å². The topological polar surface area (TPSA) is 12.0 Å². The highest BCUT2D eigenvalue weighted by atomic mass is 32.1. The summed E-state index contributed by atoms with van der Waals surface area (Å²) in [5.41, 5.74) is 1.50. The molecule has 1 nitrogen and oxygen atoms in total. The first-order valence-corrected chi connectivity index (χ1v) is 7.05. The van der Waals surface area contributed by atoms with Crippen molar-refractivity contribution in [3.63, 3.8) is 0 Å². The molecule has 0 aromatic carbocycles. The molecule has 1 heterocycles. The number of aryl methyl sites for hydroxylation is 1. The average molecular weight is 225 g/mol. The molecule has 0 spiro atoms. The largest absolute Gasteiger partial charge is 0.314 e. The summed E-state index contributed by atoms with van der Waals surface area (Å²) in [5, 5.41) is 8.03. The number of thiophene rings is 1. The van der Waals surface area contributed by atoms with Crippen molar-refractivity contribution in [2.75, 3.05) is 6.54 Å². The number of hydrogen-bond donors (Lipinski definition) is 1. The van der Waals surface area contributed by atoms with Crippen molar-refractivity contribution < 1.29 is 0 Å². The van der Waals surface area contributed by atoms with Crippen molar-refractivity contribution in [1.82, 2.24) is 5.32 Å². The molecular formula is C13H23NS. The number of hydrogen-bond acceptors (Lipinski definition) is 2. The number of nitrogens with one attached hydrogen (secondary N) is 1. The molecule has 1 N–H and O–H groups in total. The van der Waals surface area contributed by atoms with E-state index in [1.807, 2.05) is 0 Å². The normalized spacial score (nSPS) is 12.9. The molecule has 0 radical (unpaired) electrons. The van der Waals surface area contributed by atoms with Crippen LogP contribution in [0, 0.1) is 0 Å². The Labute approximate surface area is 97.9 Å². The van der Waals surface area contributed by atoms with Gasteiger partial charge >= 0.3 is 0 Å². The smallest absolute Gasteiger partial charge is 0.00645 e. The third-order valence-corrected chi connectivity index (χ3v) is 3.51. The zero-order valence-electron chi connectivity index (χ0n) is 9.96. The second-order valence-corrected chi connectivity index (χ2v) is 4.86. The molecule has 15 heavy (non-hydrogen) atoms. The lowest BCUT2D eigenvalue weighted by molar-refractivity contribution is 0.456. The van der Waals surface area contributed by atoms with Gasteiger partial charge in [0.2, 0.25) is 0 Å². The van der Waals surface area contributed by atoms with Crippen molar-refractivity contribution >= 4 is 11.3 Å². The zero-order chi connectivity index (χ0) is 10.9. The second kappa shape index (κ2) is 7.89. The van der Waals surface area contributed by atoms with E-state index in [-0.39, 0.29) is 0 Å². The monoisotopic (exact) mass is 225 g/mol. The lowest BCUT2D eigenvalue weighted by Gasteiger charge is -2.15. The molecule has 1 rings (SSSR count). The number of rotatable bonds is 8. The van der Waals surface area contributed by atoms with Gasteiger partial charge in [-0.1, -0.05) is 13.8 Å². The minimum atomic E-state index is 0.726. The van der Waals surface area contributed by atoms with Crippen LogP contribution < -0.4 is 5.32 Å². The van der Waals surface area contributed by atoms with Gasteiger partial charge in [0, 0.05) is 6.04 Å². The van der Waals surface area contributed by atoms with Gasteiger partial charge in [0.15, 0.2) is 0 Å². The van der Waals surface area contributed by atoms with E-state index < -0.39 is 0 Å². The fourth-order valence-corrected chi connectivity index (χ4v) is 2.49. The summed E-state index contributed by atoms with van der Waals surface area (Å²) in [6, 6.07) is 2.97. The van der Waals surface area contributed by atoms with Crippen LogP contribution in [-0.4, -0.2) is 12.6 Å². The van der Waals surface area contributed by atoms with Gasteiger partial charge in [0.25, 0.3) is 0 Å². The molecule has 0 bridgehead atoms. The van der Waals surface area contributed by atoms with Crippen LogP contribution in [0.25, 0.3) is 0 Å². The van der Waals surface area contributed by atoms with Crippen molar-refractivity contribution in [3.8, 4) is 0 Å². The quantitative estimate of drug-likeness (QED) is 0.708. The second-order valence-electron chi connectivity index (χ2n) is 4.08. The first kappa shape index (κ1) is 12.7. The predicted molar refractivity (Wildman–Crippen MR) is 69.6 cm³/mol. The zero-order valence-corrected chi connectivity index (χ0v) is 10.8. The van der Waals surface area contributed by atoms with Gasteiger partial charge in [-0.3, -0.25) is 0 Å². The molecule has 86 valence electrons. The highest BCUT2D eigenvalue weighted by Crippen LogP contribution is 2.11. The van der Waals surface area contributed by atoms with Crippen molar-refractivity contribution in [3.05, 3.63) is 22.4 Å². The minimum absolute atomic E-state index is 0.726. The molecule has 1 atom stereocenters. The van der Waals surface area contributed by atoms with Crippen LogP contribution in [0.3, 0.4) is 0 Å². The molecule has 1 unspecified atom stereocenters. The van der Waals surface area contributed by atoms with Crippen molar-refractivity contribution in [1.29, 1.82) is 0 Å². The molecule has 0 saturated carbocycles. The summed E-state index contributed by atoms with van der Waals surface area (Å²) in [6.07, 6.45) is 6.36. The fraction of sp³-hybridized carbons (Fsp3) is 0.692. The molecule has 1 aromatic rings. The molecule has 0 saturated heterocycles. The van der Waals surface area contributed by atoms with Gasteiger partial charge in [-0.25, -0.2) is 0 Å². The average Bonchev–Trinajstić information content (AvgIpc) is 2.76. The summed E-state index contributed by atoms with van der Waals surface area (Å²) < 4.78 is 0. The SMILES string of the molecule is CCCNC(CC)CCCc1ccsc1. The van der Waals surface area contributed by atoms with Gasteiger partial charge < -0.3 is 5.32 Å². The first-order valence-electron chi connectivity index (χ1n) is 6.11. The van der Waals surface area contributed by atoms with Crippen LogP contribution in [0.2, 0.25) is 0 Å². The molecule has 0 amide bonds. The molecule has 0 fully saturated rings. The maximum absolute atomic E-state index is 3.60. The van der Waals surface area contributed by atoms with Gasteiger partial charge in [0.05, 0.1) is 0 Å². The Balaban J connectivity index is 2.11. The lowest BCUT2D eigenvalue weighted by atomic mass is 10.0. The van der Waals surface area contributed by atoms with Crippen molar-refractivity contribution in [2.24, 2.45) is 0 Å². The highest BCUT2D eigenvalue weighted by molar-refractivity contribution is 7.07. The summed E-state index contributed by atoms with van der Waals surface area (Å²) in [7, 11) is 0. The predicted octanol–water partition coefficient (Wildman–Crippen LogP) is 3.85. The van der Waals surface area contributed by atoms with Crippen LogP contribution in [0.1, 0.15) is 45.1 Å². The Morgan fingerprint density at radius 2 is 2.27 bits per heavy atom. The Kier molecular flexibility index (Phi) is 6.69. The van der Waals surface area contributed by atoms with E-state index in [1.54, 1.807) is 11.3 Å². The van der Waals surface area contributed by atoms with Crippen LogP contribution in [0.5, 0.6) is 0 Å². The fourth-order valence-electron chi connectivity index (χ4n) is 1.79. The van der Waals surface area contributed by atoms with E-state index >= 15 is 0 Å². The molecule has 2 heteroatoms. The summed E-state index contributed by atoms with van der Waals surface area (Å²) in [5.74, 6) is 0. The Morgan fingerprint density at radius 3 is 2.87 bits per heavy atom. The van der Waals surface area contributed by atoms with Crippen LogP contribution >= 0.6 is 11.3 Å². The Hall–Kier alpha value is -0.340. The minimum Gasteiger partial charge on any atom is -0.314 e. The van der Waals surface area contributed by atoms with Crippen LogP contribution in [0.15, 0.2) is 16.8 Å². The molecule has 0 aliphatic rings. The van der Waals surface area contributed by atoms with E-state index in [2.05, 4.69) is 36.0 Å². The maximum Gasteiger partial charge on any atom is 0.00645 e. The van der Waals surface area contributed by atoms with E-state index in [0.29, 0.717) is 0 Å². The molecule has 0 aliphatic heterocycles. The molecule has 1 aromatic heterocycles. The van der Waals surface area contributed by atoms with E-state index in [4.69, 9.17) is 0 Å². The molecule has 0 aliphatic carbocycles. The van der Waals surface area contributed by atoms with Gasteiger partial charge in [-0.2, -0.15) is 11.3 Å². The Bertz CT molecular complexity index is 231. The summed E-state index contributed by atoms with van der Waals surface area (Å²) in [6.45, 7) is 5.67. The van der Waals surface area contributed by atoms with E-state index in [1.165, 1.54) is 37.7 Å². The van der Waals surface area contributed by atoms with E-state index in [9.17, 15) is 0 Å². The van der Waals surface area contributed by atoms with Gasteiger partial charge in [-0.15, -0.1) is 0 Å². The summed E-state index contributed by atoms with van der Waals surface area (Å²) >= 11 is 1.80. The standard InChI is InChI=1S/C13H23NS/c1-3-9-14-13(4-2)7-5-6-12-8-10-15-11-12/h8,10-11,13-14H,3-7,9H2,1-2H3. The van der Waals surface area contributed by atoms with Crippen LogP contribution in [0.4, 0.5) is 0 Å². The third-order valence-electron chi connectivity index (χ3n) is 2.77. The maximum atomic E-state index is 3.60. The van der Waals surface area contributed by atoms with Crippen LogP contribution in [-0.2, 0) is 6.42 Å². The van der Waals surface area contributed by atoms with Gasteiger partial charge in [0.1, 0.15) is 0 Å². The highest BCUT2D eigenvalue weighted by Gasteiger charge is 2.04. The Morgan fingerprint density at radius 1 is 1.40 bits per heavy atom. The molecular weight excluding hydrogens is 202 g/mol. The lowest BCUT2D eigenvalue weighted by Crippen LogP contribution is -2.29. The summed E-state index contributed by atoms with van der Waals surface area (Å²) in [4.78, 5) is 0. The van der Waals surface area contributed by atoms with Crippen molar-refractivity contribution in [2.45, 2.75) is 52.0 Å². The van der Waals surface area contributed by atoms with Gasteiger partial charge in [-0.05, 0) is 61.0 Å².